The molecule has 0 aliphatic heterocycles. The second-order valence-electron chi connectivity index (χ2n) is 5.52. The molecule has 0 atom stereocenters. The zero-order valence-electron chi connectivity index (χ0n) is 13.6. The maximum Gasteiger partial charge on any atom is 0.263 e. The van der Waals surface area contributed by atoms with E-state index in [-0.39, 0.29) is 16.3 Å². The average Bonchev–Trinajstić information content (AvgIpc) is 2.95. The molecule has 1 aromatic heterocycles. The van der Waals surface area contributed by atoms with Gasteiger partial charge in [0.2, 0.25) is 0 Å². The number of para-hydroxylation sites is 2. The second kappa shape index (κ2) is 6.82. The SMILES string of the molecule is Cc1ccc(S(=O)(=O)Nc2ccccc2-n2ncc(C#N)c2N)c(Br)c1. The summed E-state index contributed by atoms with van der Waals surface area (Å²) in [6, 6.07) is 13.6. The van der Waals surface area contributed by atoms with Crippen LogP contribution < -0.4 is 10.5 Å². The molecule has 1 heterocycles. The fourth-order valence-corrected chi connectivity index (χ4v) is 4.67. The first kappa shape index (κ1) is 18.0. The maximum absolute atomic E-state index is 12.8. The van der Waals surface area contributed by atoms with Crippen LogP contribution in [0.3, 0.4) is 0 Å². The van der Waals surface area contributed by atoms with Crippen LogP contribution in [0.1, 0.15) is 11.1 Å². The van der Waals surface area contributed by atoms with Crippen molar-refractivity contribution in [1.82, 2.24) is 9.78 Å². The van der Waals surface area contributed by atoms with Crippen molar-refractivity contribution in [2.75, 3.05) is 10.5 Å². The van der Waals surface area contributed by atoms with Gasteiger partial charge in [-0.25, -0.2) is 13.1 Å². The second-order valence-corrected chi connectivity index (χ2v) is 8.03. The number of hydrogen-bond acceptors (Lipinski definition) is 5. The van der Waals surface area contributed by atoms with Gasteiger partial charge in [0, 0.05) is 4.47 Å². The summed E-state index contributed by atoms with van der Waals surface area (Å²) in [5, 5.41) is 13.1. The molecule has 0 unspecified atom stereocenters. The van der Waals surface area contributed by atoms with E-state index < -0.39 is 10.0 Å². The monoisotopic (exact) mass is 431 g/mol. The van der Waals surface area contributed by atoms with Gasteiger partial charge >= 0.3 is 0 Å². The zero-order valence-corrected chi connectivity index (χ0v) is 16.0. The Balaban J connectivity index is 2.06. The number of sulfonamides is 1. The van der Waals surface area contributed by atoms with Crippen LogP contribution in [0.25, 0.3) is 5.69 Å². The van der Waals surface area contributed by atoms with E-state index in [4.69, 9.17) is 11.0 Å². The summed E-state index contributed by atoms with van der Waals surface area (Å²) >= 11 is 3.29. The summed E-state index contributed by atoms with van der Waals surface area (Å²) in [6.07, 6.45) is 1.33. The van der Waals surface area contributed by atoms with Crippen molar-refractivity contribution < 1.29 is 8.42 Å². The molecule has 132 valence electrons. The van der Waals surface area contributed by atoms with Crippen LogP contribution in [0.2, 0.25) is 0 Å². The van der Waals surface area contributed by atoms with Gasteiger partial charge in [0.25, 0.3) is 10.0 Å². The minimum absolute atomic E-state index is 0.115. The van der Waals surface area contributed by atoms with Gasteiger partial charge in [-0.1, -0.05) is 18.2 Å². The van der Waals surface area contributed by atoms with E-state index >= 15 is 0 Å². The van der Waals surface area contributed by atoms with Gasteiger partial charge < -0.3 is 5.73 Å². The van der Waals surface area contributed by atoms with Crippen LogP contribution in [0.5, 0.6) is 0 Å². The van der Waals surface area contributed by atoms with Crippen molar-refractivity contribution in [3.63, 3.8) is 0 Å². The van der Waals surface area contributed by atoms with Gasteiger partial charge in [0.05, 0.1) is 17.6 Å². The highest BCUT2D eigenvalue weighted by Gasteiger charge is 2.20. The first-order valence-electron chi connectivity index (χ1n) is 7.45. The summed E-state index contributed by atoms with van der Waals surface area (Å²) in [7, 11) is -3.85. The highest BCUT2D eigenvalue weighted by atomic mass is 79.9. The Kier molecular flexibility index (Phi) is 4.71. The first-order valence-corrected chi connectivity index (χ1v) is 9.73. The first-order chi connectivity index (χ1) is 12.3. The lowest BCUT2D eigenvalue weighted by molar-refractivity contribution is 0.600. The average molecular weight is 432 g/mol. The number of benzene rings is 2. The third-order valence-electron chi connectivity index (χ3n) is 3.68. The molecule has 2 aromatic carbocycles. The Hall–Kier alpha value is -2.83. The van der Waals surface area contributed by atoms with E-state index in [0.29, 0.717) is 15.8 Å². The largest absolute Gasteiger partial charge is 0.382 e. The molecule has 0 saturated heterocycles. The highest BCUT2D eigenvalue weighted by Crippen LogP contribution is 2.29. The molecule has 0 aliphatic carbocycles. The van der Waals surface area contributed by atoms with Gasteiger partial charge in [-0.05, 0) is 52.7 Å². The Morgan fingerprint density at radius 3 is 2.65 bits per heavy atom. The molecule has 3 aromatic rings. The smallest absolute Gasteiger partial charge is 0.263 e. The van der Waals surface area contributed by atoms with Gasteiger partial charge in [-0.2, -0.15) is 10.4 Å². The standard InChI is InChI=1S/C17H14BrN5O2S/c1-11-6-7-16(13(18)8-11)26(24,25)22-14-4-2-3-5-15(14)23-17(20)12(9-19)10-21-23/h2-8,10,22H,20H2,1H3. The fourth-order valence-electron chi connectivity index (χ4n) is 2.40. The van der Waals surface area contributed by atoms with Crippen LogP contribution in [0, 0.1) is 18.3 Å². The van der Waals surface area contributed by atoms with Crippen LogP contribution in [-0.2, 0) is 10.0 Å². The summed E-state index contributed by atoms with van der Waals surface area (Å²) in [6.45, 7) is 1.87. The van der Waals surface area contributed by atoms with Gasteiger partial charge in [-0.3, -0.25) is 4.72 Å². The topological polar surface area (TPSA) is 114 Å². The Morgan fingerprint density at radius 1 is 1.27 bits per heavy atom. The number of halogens is 1. The van der Waals surface area contributed by atoms with Crippen molar-refractivity contribution in [2.45, 2.75) is 11.8 Å². The van der Waals surface area contributed by atoms with Crippen molar-refractivity contribution in [1.29, 1.82) is 5.26 Å². The molecular weight excluding hydrogens is 418 g/mol. The number of nitrogen functional groups attached to an aromatic ring is 1. The molecule has 7 nitrogen and oxygen atoms in total. The number of rotatable bonds is 4. The fraction of sp³-hybridized carbons (Fsp3) is 0.0588. The quantitative estimate of drug-likeness (QED) is 0.657. The lowest BCUT2D eigenvalue weighted by Gasteiger charge is -2.14. The lowest BCUT2D eigenvalue weighted by Crippen LogP contribution is -2.16. The van der Waals surface area contributed by atoms with Crippen LogP contribution in [0.4, 0.5) is 11.5 Å². The van der Waals surface area contributed by atoms with Crippen molar-refractivity contribution in [3.05, 3.63) is 64.3 Å². The van der Waals surface area contributed by atoms with E-state index in [1.807, 2.05) is 13.0 Å². The number of anilines is 2. The Labute approximate surface area is 159 Å². The predicted molar refractivity (Wildman–Crippen MR) is 102 cm³/mol. The van der Waals surface area contributed by atoms with Gasteiger partial charge in [0.15, 0.2) is 0 Å². The van der Waals surface area contributed by atoms with E-state index in [9.17, 15) is 8.42 Å². The third kappa shape index (κ3) is 3.29. The van der Waals surface area contributed by atoms with E-state index in [0.717, 1.165) is 5.56 Å². The van der Waals surface area contributed by atoms with Gasteiger partial charge in [-0.15, -0.1) is 0 Å². The van der Waals surface area contributed by atoms with Crippen LogP contribution in [0.15, 0.2) is 58.0 Å². The number of nitriles is 1. The molecule has 0 fully saturated rings. The summed E-state index contributed by atoms with van der Waals surface area (Å²) in [5.41, 5.74) is 7.78. The number of nitrogens with zero attached hydrogens (tertiary/aromatic N) is 3. The molecule has 0 aliphatic rings. The number of aryl methyl sites for hydroxylation is 1. The molecular formula is C17H14BrN5O2S. The Morgan fingerprint density at radius 2 is 2.00 bits per heavy atom. The zero-order chi connectivity index (χ0) is 18.9. The van der Waals surface area contributed by atoms with Crippen molar-refractivity contribution in [2.24, 2.45) is 0 Å². The molecule has 3 rings (SSSR count). The van der Waals surface area contributed by atoms with Gasteiger partial charge in [0.1, 0.15) is 22.3 Å². The van der Waals surface area contributed by atoms with E-state index in [2.05, 4.69) is 25.8 Å². The molecule has 3 N–H and O–H groups in total. The Bertz CT molecular complexity index is 1130. The van der Waals surface area contributed by atoms with E-state index in [1.165, 1.54) is 16.9 Å². The van der Waals surface area contributed by atoms with E-state index in [1.54, 1.807) is 36.4 Å². The molecule has 0 amide bonds. The molecule has 0 bridgehead atoms. The molecule has 0 radical (unpaired) electrons. The molecule has 0 spiro atoms. The summed E-state index contributed by atoms with van der Waals surface area (Å²) in [4.78, 5) is 0.115. The van der Waals surface area contributed by atoms with Crippen LogP contribution >= 0.6 is 15.9 Å². The molecule has 26 heavy (non-hydrogen) atoms. The maximum atomic E-state index is 12.8. The predicted octanol–water partition coefficient (Wildman–Crippen LogP) is 3.20. The highest BCUT2D eigenvalue weighted by molar-refractivity contribution is 9.10. The minimum Gasteiger partial charge on any atom is -0.382 e. The summed E-state index contributed by atoms with van der Waals surface area (Å²) < 4.78 is 30.0. The number of nitrogens with two attached hydrogens (primary N) is 1. The third-order valence-corrected chi connectivity index (χ3v) is 6.02. The number of aromatic nitrogens is 2. The molecule has 9 heteroatoms. The number of hydrogen-bond donors (Lipinski definition) is 2. The lowest BCUT2D eigenvalue weighted by atomic mass is 10.2. The molecule has 0 saturated carbocycles. The van der Waals surface area contributed by atoms with Crippen molar-refractivity contribution in [3.8, 4) is 11.8 Å². The van der Waals surface area contributed by atoms with Crippen molar-refractivity contribution >= 4 is 37.5 Å². The van der Waals surface area contributed by atoms with Crippen LogP contribution in [-0.4, -0.2) is 18.2 Å². The number of nitrogens with one attached hydrogen (secondary N) is 1. The minimum atomic E-state index is -3.85. The normalized spacial score (nSPS) is 11.1. The summed E-state index contributed by atoms with van der Waals surface area (Å²) in [5.74, 6) is 0.135.